The fourth-order valence-electron chi connectivity index (χ4n) is 1.80. The number of hydrogen-bond donors (Lipinski definition) is 2. The molecule has 0 saturated carbocycles. The third kappa shape index (κ3) is 1.57. The van der Waals surface area contributed by atoms with Crippen molar-refractivity contribution in [3.63, 3.8) is 0 Å². The zero-order valence-corrected chi connectivity index (χ0v) is 7.56. The summed E-state index contributed by atoms with van der Waals surface area (Å²) in [5.74, 6) is -1.98. The van der Waals surface area contributed by atoms with E-state index in [4.69, 9.17) is 0 Å². The molecule has 0 amide bonds. The van der Waals surface area contributed by atoms with Crippen LogP contribution in [-0.4, -0.2) is 11.7 Å². The summed E-state index contributed by atoms with van der Waals surface area (Å²) in [6, 6.07) is 1.75. The monoisotopic (exact) mass is 199 g/mol. The number of nitrogens with one attached hydrogen (secondary N) is 1. The van der Waals surface area contributed by atoms with Crippen molar-refractivity contribution in [1.82, 2.24) is 5.32 Å². The highest BCUT2D eigenvalue weighted by Crippen LogP contribution is 2.32. The Morgan fingerprint density at radius 3 is 2.79 bits per heavy atom. The Hall–Kier alpha value is -1.16. The molecule has 1 fully saturated rings. The van der Waals surface area contributed by atoms with Crippen LogP contribution in [0.4, 0.5) is 8.78 Å². The first kappa shape index (κ1) is 9.40. The van der Waals surface area contributed by atoms with E-state index < -0.39 is 17.4 Å². The van der Waals surface area contributed by atoms with Gasteiger partial charge in [0.15, 0.2) is 11.6 Å². The third-order valence-electron chi connectivity index (χ3n) is 2.49. The lowest BCUT2D eigenvalue weighted by Crippen LogP contribution is -2.13. The molecular weight excluding hydrogens is 188 g/mol. The molecule has 0 bridgehead atoms. The largest absolute Gasteiger partial charge is 0.505 e. The third-order valence-corrected chi connectivity index (χ3v) is 2.49. The van der Waals surface area contributed by atoms with Gasteiger partial charge in [0, 0.05) is 17.7 Å². The summed E-state index contributed by atoms with van der Waals surface area (Å²) in [7, 11) is 0. The molecule has 2 rings (SSSR count). The maximum absolute atomic E-state index is 13.0. The summed E-state index contributed by atoms with van der Waals surface area (Å²) in [6.45, 7) is 0.822. The van der Waals surface area contributed by atoms with Gasteiger partial charge in [0.1, 0.15) is 5.82 Å². The van der Waals surface area contributed by atoms with Gasteiger partial charge in [-0.15, -0.1) is 0 Å². The first-order valence-corrected chi connectivity index (χ1v) is 4.60. The molecule has 1 aromatic rings. The molecule has 0 aromatic heterocycles. The van der Waals surface area contributed by atoms with Gasteiger partial charge in [-0.1, -0.05) is 0 Å². The smallest absolute Gasteiger partial charge is 0.168 e. The van der Waals surface area contributed by atoms with Gasteiger partial charge in [-0.25, -0.2) is 8.78 Å². The van der Waals surface area contributed by atoms with Crippen molar-refractivity contribution in [1.29, 1.82) is 0 Å². The first-order chi connectivity index (χ1) is 6.68. The molecule has 0 aliphatic carbocycles. The Morgan fingerprint density at radius 1 is 1.36 bits per heavy atom. The number of aromatic hydroxyl groups is 1. The lowest BCUT2D eigenvalue weighted by molar-refractivity contribution is 0.412. The van der Waals surface area contributed by atoms with Crippen molar-refractivity contribution in [2.45, 2.75) is 18.9 Å². The van der Waals surface area contributed by atoms with Crippen molar-refractivity contribution in [2.24, 2.45) is 0 Å². The number of benzene rings is 1. The molecule has 14 heavy (non-hydrogen) atoms. The Kier molecular flexibility index (Phi) is 2.37. The van der Waals surface area contributed by atoms with Gasteiger partial charge in [-0.05, 0) is 25.5 Å². The lowest BCUT2D eigenvalue weighted by Gasteiger charge is -2.12. The summed E-state index contributed by atoms with van der Waals surface area (Å²) < 4.78 is 25.9. The fourth-order valence-corrected chi connectivity index (χ4v) is 1.80. The highest BCUT2D eigenvalue weighted by molar-refractivity contribution is 5.37. The molecule has 1 saturated heterocycles. The Labute approximate surface area is 80.6 Å². The Morgan fingerprint density at radius 2 is 2.14 bits per heavy atom. The molecule has 1 aromatic carbocycles. The molecule has 1 atom stereocenters. The minimum atomic E-state index is -0.895. The Balaban J connectivity index is 2.40. The van der Waals surface area contributed by atoms with E-state index in [1.54, 1.807) is 0 Å². The van der Waals surface area contributed by atoms with E-state index in [1.165, 1.54) is 6.07 Å². The van der Waals surface area contributed by atoms with Gasteiger partial charge in [0.25, 0.3) is 0 Å². The maximum Gasteiger partial charge on any atom is 0.168 e. The van der Waals surface area contributed by atoms with Crippen LogP contribution in [0, 0.1) is 11.6 Å². The van der Waals surface area contributed by atoms with Crippen LogP contribution >= 0.6 is 0 Å². The topological polar surface area (TPSA) is 32.3 Å². The average Bonchev–Trinajstić information content (AvgIpc) is 2.63. The van der Waals surface area contributed by atoms with Crippen molar-refractivity contribution in [3.8, 4) is 5.75 Å². The Bertz CT molecular complexity index is 348. The van der Waals surface area contributed by atoms with Gasteiger partial charge in [-0.3, -0.25) is 0 Å². The van der Waals surface area contributed by atoms with E-state index >= 15 is 0 Å². The predicted octanol–water partition coefficient (Wildman–Crippen LogP) is 2.09. The lowest BCUT2D eigenvalue weighted by atomic mass is 10.0. The molecule has 1 aliphatic heterocycles. The van der Waals surface area contributed by atoms with Crippen molar-refractivity contribution >= 4 is 0 Å². The second-order valence-electron chi connectivity index (χ2n) is 3.47. The van der Waals surface area contributed by atoms with Crippen molar-refractivity contribution in [3.05, 3.63) is 29.3 Å². The summed E-state index contributed by atoms with van der Waals surface area (Å²) >= 11 is 0. The summed E-state index contributed by atoms with van der Waals surface area (Å²) in [5, 5.41) is 12.5. The van der Waals surface area contributed by atoms with Crippen LogP contribution in [0.15, 0.2) is 12.1 Å². The van der Waals surface area contributed by atoms with Gasteiger partial charge >= 0.3 is 0 Å². The van der Waals surface area contributed by atoms with Crippen LogP contribution in [-0.2, 0) is 0 Å². The summed E-state index contributed by atoms with van der Waals surface area (Å²) in [4.78, 5) is 0. The van der Waals surface area contributed by atoms with E-state index in [0.29, 0.717) is 11.6 Å². The molecule has 1 heterocycles. The molecule has 4 heteroatoms. The van der Waals surface area contributed by atoms with E-state index in [9.17, 15) is 13.9 Å². The molecule has 1 aliphatic rings. The summed E-state index contributed by atoms with van der Waals surface area (Å²) in [6.07, 6.45) is 1.76. The number of phenols is 1. The number of phenolic OH excluding ortho intramolecular Hbond substituents is 1. The van der Waals surface area contributed by atoms with Gasteiger partial charge in [0.05, 0.1) is 0 Å². The second kappa shape index (κ2) is 3.53. The van der Waals surface area contributed by atoms with Crippen LogP contribution in [0.2, 0.25) is 0 Å². The molecule has 0 unspecified atom stereocenters. The van der Waals surface area contributed by atoms with Crippen LogP contribution in [0.1, 0.15) is 24.4 Å². The number of hydrogen-bond acceptors (Lipinski definition) is 2. The van der Waals surface area contributed by atoms with Crippen LogP contribution < -0.4 is 5.32 Å². The maximum atomic E-state index is 13.0. The number of halogens is 2. The standard InChI is InChI=1S/C10H11F2NO/c11-6-4-7(9-2-1-3-13-9)10(14)8(12)5-6/h4-5,9,13-14H,1-3H2/t9-/m0/s1. The van der Waals surface area contributed by atoms with Gasteiger partial charge in [-0.2, -0.15) is 0 Å². The fraction of sp³-hybridized carbons (Fsp3) is 0.400. The minimum Gasteiger partial charge on any atom is -0.505 e. The first-order valence-electron chi connectivity index (χ1n) is 4.60. The molecular formula is C10H11F2NO. The van der Waals surface area contributed by atoms with Crippen LogP contribution in [0.3, 0.4) is 0 Å². The molecule has 76 valence electrons. The van der Waals surface area contributed by atoms with E-state index in [1.807, 2.05) is 0 Å². The number of rotatable bonds is 1. The van der Waals surface area contributed by atoms with E-state index in [-0.39, 0.29) is 6.04 Å². The van der Waals surface area contributed by atoms with Crippen LogP contribution in [0.5, 0.6) is 5.75 Å². The molecule has 2 nitrogen and oxygen atoms in total. The highest BCUT2D eigenvalue weighted by Gasteiger charge is 2.21. The van der Waals surface area contributed by atoms with Gasteiger partial charge in [0.2, 0.25) is 0 Å². The predicted molar refractivity (Wildman–Crippen MR) is 48.0 cm³/mol. The zero-order chi connectivity index (χ0) is 10.1. The molecule has 2 N–H and O–H groups in total. The van der Waals surface area contributed by atoms with Crippen LogP contribution in [0.25, 0.3) is 0 Å². The van der Waals surface area contributed by atoms with Gasteiger partial charge < -0.3 is 10.4 Å². The average molecular weight is 199 g/mol. The zero-order valence-electron chi connectivity index (χ0n) is 7.56. The highest BCUT2D eigenvalue weighted by atomic mass is 19.1. The SMILES string of the molecule is Oc1c(F)cc(F)cc1[C@@H]1CCCN1. The second-order valence-corrected chi connectivity index (χ2v) is 3.47. The van der Waals surface area contributed by atoms with E-state index in [0.717, 1.165) is 19.4 Å². The minimum absolute atomic E-state index is 0.125. The quantitative estimate of drug-likeness (QED) is 0.725. The normalized spacial score (nSPS) is 21.4. The molecule has 0 radical (unpaired) electrons. The molecule has 0 spiro atoms. The summed E-state index contributed by atoms with van der Waals surface area (Å²) in [5.41, 5.74) is 0.319. The van der Waals surface area contributed by atoms with E-state index in [2.05, 4.69) is 5.32 Å². The van der Waals surface area contributed by atoms with Crippen molar-refractivity contribution < 1.29 is 13.9 Å². The van der Waals surface area contributed by atoms with Crippen molar-refractivity contribution in [2.75, 3.05) is 6.54 Å².